The Kier molecular flexibility index (Phi) is 3.05. The molecule has 1 heterocycles. The number of ether oxygens (including phenoxy) is 1. The van der Waals surface area contributed by atoms with Crippen molar-refractivity contribution in [2.45, 2.75) is 19.4 Å². The first-order valence-electron chi connectivity index (χ1n) is 4.02. The van der Waals surface area contributed by atoms with Crippen molar-refractivity contribution in [3.05, 3.63) is 24.0 Å². The van der Waals surface area contributed by atoms with Gasteiger partial charge in [-0.2, -0.15) is 0 Å². The van der Waals surface area contributed by atoms with Crippen LogP contribution in [0.2, 0.25) is 0 Å². The molecule has 0 saturated heterocycles. The molecule has 0 fully saturated rings. The van der Waals surface area contributed by atoms with Crippen LogP contribution in [0.5, 0.6) is 0 Å². The highest BCUT2D eigenvalue weighted by Gasteiger charge is 2.08. The molecule has 1 rings (SSSR count). The first kappa shape index (κ1) is 9.00. The molecule has 1 aromatic heterocycles. The molecule has 0 radical (unpaired) electrons. The van der Waals surface area contributed by atoms with E-state index in [-0.39, 0.29) is 6.10 Å². The third-order valence-electron chi connectivity index (χ3n) is 1.79. The quantitative estimate of drug-likeness (QED) is 0.744. The predicted octanol–water partition coefficient (Wildman–Crippen LogP) is 1.76. The minimum Gasteiger partial charge on any atom is -0.399 e. The van der Waals surface area contributed by atoms with Crippen LogP contribution in [0.15, 0.2) is 18.3 Å². The number of anilines is 1. The predicted molar refractivity (Wildman–Crippen MR) is 48.7 cm³/mol. The van der Waals surface area contributed by atoms with E-state index in [0.29, 0.717) is 0 Å². The smallest absolute Gasteiger partial charge is 0.0988 e. The molecule has 0 aliphatic carbocycles. The first-order chi connectivity index (χ1) is 5.77. The van der Waals surface area contributed by atoms with Crippen molar-refractivity contribution in [2.24, 2.45) is 0 Å². The zero-order valence-electron chi connectivity index (χ0n) is 7.45. The summed E-state index contributed by atoms with van der Waals surface area (Å²) >= 11 is 0. The molecular formula is C9H14N2O. The maximum Gasteiger partial charge on any atom is 0.0988 e. The van der Waals surface area contributed by atoms with Crippen LogP contribution in [0, 0.1) is 0 Å². The average molecular weight is 166 g/mol. The summed E-state index contributed by atoms with van der Waals surface area (Å²) in [5, 5.41) is 0. The SMILES string of the molecule is CCC(OC)c1cc(N)ccn1. The third-order valence-corrected chi connectivity index (χ3v) is 1.79. The lowest BCUT2D eigenvalue weighted by Crippen LogP contribution is -2.02. The normalized spacial score (nSPS) is 12.8. The zero-order chi connectivity index (χ0) is 8.97. The summed E-state index contributed by atoms with van der Waals surface area (Å²) in [5.41, 5.74) is 7.24. The Labute approximate surface area is 72.6 Å². The van der Waals surface area contributed by atoms with Gasteiger partial charge >= 0.3 is 0 Å². The van der Waals surface area contributed by atoms with E-state index in [2.05, 4.69) is 11.9 Å². The number of pyridine rings is 1. The van der Waals surface area contributed by atoms with E-state index in [9.17, 15) is 0 Å². The maximum atomic E-state index is 5.61. The van der Waals surface area contributed by atoms with E-state index in [1.807, 2.05) is 6.07 Å². The maximum absolute atomic E-state index is 5.61. The Hall–Kier alpha value is -1.09. The van der Waals surface area contributed by atoms with Gasteiger partial charge < -0.3 is 10.5 Å². The minimum absolute atomic E-state index is 0.0634. The average Bonchev–Trinajstić information content (AvgIpc) is 2.07. The zero-order valence-corrected chi connectivity index (χ0v) is 7.45. The Balaban J connectivity index is 2.85. The van der Waals surface area contributed by atoms with Crippen molar-refractivity contribution in [1.82, 2.24) is 4.98 Å². The van der Waals surface area contributed by atoms with Gasteiger partial charge in [-0.05, 0) is 18.6 Å². The van der Waals surface area contributed by atoms with Crippen LogP contribution in [-0.2, 0) is 4.74 Å². The second-order valence-electron chi connectivity index (χ2n) is 2.65. The first-order valence-corrected chi connectivity index (χ1v) is 4.02. The van der Waals surface area contributed by atoms with E-state index in [0.717, 1.165) is 17.8 Å². The topological polar surface area (TPSA) is 48.1 Å². The van der Waals surface area contributed by atoms with Crippen LogP contribution >= 0.6 is 0 Å². The van der Waals surface area contributed by atoms with Gasteiger partial charge in [-0.1, -0.05) is 6.92 Å². The van der Waals surface area contributed by atoms with Crippen molar-refractivity contribution < 1.29 is 4.74 Å². The van der Waals surface area contributed by atoms with Crippen molar-refractivity contribution in [1.29, 1.82) is 0 Å². The molecule has 0 aromatic carbocycles. The summed E-state index contributed by atoms with van der Waals surface area (Å²) in [7, 11) is 1.68. The number of nitrogen functional groups attached to an aromatic ring is 1. The summed E-state index contributed by atoms with van der Waals surface area (Å²) in [5.74, 6) is 0. The number of rotatable bonds is 3. The summed E-state index contributed by atoms with van der Waals surface area (Å²) in [4.78, 5) is 4.18. The molecule has 1 unspecified atom stereocenters. The molecule has 0 aliphatic rings. The van der Waals surface area contributed by atoms with Gasteiger partial charge in [0.25, 0.3) is 0 Å². The van der Waals surface area contributed by atoms with Gasteiger partial charge in [-0.15, -0.1) is 0 Å². The molecule has 66 valence electrons. The third kappa shape index (κ3) is 1.95. The van der Waals surface area contributed by atoms with Crippen molar-refractivity contribution in [2.75, 3.05) is 12.8 Å². The summed E-state index contributed by atoms with van der Waals surface area (Å²) in [6, 6.07) is 3.61. The number of hydrogen-bond acceptors (Lipinski definition) is 3. The molecule has 0 amide bonds. The minimum atomic E-state index is 0.0634. The van der Waals surface area contributed by atoms with Crippen LogP contribution in [0.1, 0.15) is 25.1 Å². The standard InChI is InChI=1S/C9H14N2O/c1-3-9(12-2)8-6-7(10)4-5-11-8/h4-6,9H,3H2,1-2H3,(H2,10,11). The second-order valence-corrected chi connectivity index (χ2v) is 2.65. The van der Waals surface area contributed by atoms with Crippen LogP contribution in [0.3, 0.4) is 0 Å². The van der Waals surface area contributed by atoms with Gasteiger partial charge in [0, 0.05) is 19.0 Å². The largest absolute Gasteiger partial charge is 0.399 e. The van der Waals surface area contributed by atoms with Gasteiger partial charge in [0.2, 0.25) is 0 Å². The fraction of sp³-hybridized carbons (Fsp3) is 0.444. The summed E-state index contributed by atoms with van der Waals surface area (Å²) in [6.07, 6.45) is 2.67. The van der Waals surface area contributed by atoms with Crippen LogP contribution in [0.25, 0.3) is 0 Å². The Morgan fingerprint density at radius 3 is 2.92 bits per heavy atom. The van der Waals surface area contributed by atoms with E-state index in [1.165, 1.54) is 0 Å². The molecule has 2 N–H and O–H groups in total. The summed E-state index contributed by atoms with van der Waals surface area (Å²) in [6.45, 7) is 2.05. The number of nitrogens with two attached hydrogens (primary N) is 1. The Morgan fingerprint density at radius 1 is 1.67 bits per heavy atom. The molecule has 3 nitrogen and oxygen atoms in total. The molecule has 0 saturated carbocycles. The monoisotopic (exact) mass is 166 g/mol. The highest BCUT2D eigenvalue weighted by Crippen LogP contribution is 2.18. The Bertz CT molecular complexity index is 246. The van der Waals surface area contributed by atoms with Crippen molar-refractivity contribution >= 4 is 5.69 Å². The lowest BCUT2D eigenvalue weighted by atomic mass is 10.2. The van der Waals surface area contributed by atoms with Gasteiger partial charge in [0.05, 0.1) is 11.8 Å². The van der Waals surface area contributed by atoms with Gasteiger partial charge in [-0.3, -0.25) is 4.98 Å². The lowest BCUT2D eigenvalue weighted by Gasteiger charge is -2.11. The fourth-order valence-corrected chi connectivity index (χ4v) is 1.14. The molecule has 0 spiro atoms. The van der Waals surface area contributed by atoms with Gasteiger partial charge in [0.1, 0.15) is 0 Å². The summed E-state index contributed by atoms with van der Waals surface area (Å²) < 4.78 is 5.22. The molecule has 1 aromatic rings. The van der Waals surface area contributed by atoms with Crippen LogP contribution < -0.4 is 5.73 Å². The second kappa shape index (κ2) is 4.07. The molecule has 0 aliphatic heterocycles. The van der Waals surface area contributed by atoms with E-state index >= 15 is 0 Å². The van der Waals surface area contributed by atoms with Gasteiger partial charge in [0.15, 0.2) is 0 Å². The molecule has 3 heteroatoms. The number of nitrogens with zero attached hydrogens (tertiary/aromatic N) is 1. The van der Waals surface area contributed by atoms with Gasteiger partial charge in [-0.25, -0.2) is 0 Å². The highest BCUT2D eigenvalue weighted by atomic mass is 16.5. The number of hydrogen-bond donors (Lipinski definition) is 1. The molecular weight excluding hydrogens is 152 g/mol. The number of aromatic nitrogens is 1. The van der Waals surface area contributed by atoms with Crippen LogP contribution in [-0.4, -0.2) is 12.1 Å². The molecule has 0 bridgehead atoms. The Morgan fingerprint density at radius 2 is 2.42 bits per heavy atom. The number of methoxy groups -OCH3 is 1. The highest BCUT2D eigenvalue weighted by molar-refractivity contribution is 5.37. The van der Waals surface area contributed by atoms with E-state index in [1.54, 1.807) is 19.4 Å². The molecule has 12 heavy (non-hydrogen) atoms. The van der Waals surface area contributed by atoms with E-state index in [4.69, 9.17) is 10.5 Å². The van der Waals surface area contributed by atoms with Crippen LogP contribution in [0.4, 0.5) is 5.69 Å². The van der Waals surface area contributed by atoms with Crippen molar-refractivity contribution in [3.63, 3.8) is 0 Å². The molecule has 1 atom stereocenters. The van der Waals surface area contributed by atoms with Crippen molar-refractivity contribution in [3.8, 4) is 0 Å². The fourth-order valence-electron chi connectivity index (χ4n) is 1.14. The lowest BCUT2D eigenvalue weighted by molar-refractivity contribution is 0.0965. The van der Waals surface area contributed by atoms with E-state index < -0.39 is 0 Å².